The SMILES string of the molecule is O=C(Nc1cn[nH]c1-c1cc2c(cn1)cnn2CC(F)(F)F)N1CC[C@](O)(C(F)(F)F)CC12CC2. The van der Waals surface area contributed by atoms with Gasteiger partial charge in [-0.3, -0.25) is 14.8 Å². The number of alkyl halides is 6. The van der Waals surface area contributed by atoms with Gasteiger partial charge in [0.2, 0.25) is 0 Å². The summed E-state index contributed by atoms with van der Waals surface area (Å²) in [7, 11) is 0. The highest BCUT2D eigenvalue weighted by molar-refractivity contribution is 5.94. The first-order valence-corrected chi connectivity index (χ1v) is 10.6. The number of nitrogens with one attached hydrogen (secondary N) is 2. The van der Waals surface area contributed by atoms with Crippen molar-refractivity contribution in [3.63, 3.8) is 0 Å². The van der Waals surface area contributed by atoms with Crippen LogP contribution < -0.4 is 5.32 Å². The van der Waals surface area contributed by atoms with Crippen molar-refractivity contribution >= 4 is 22.6 Å². The van der Waals surface area contributed by atoms with Crippen molar-refractivity contribution in [3.05, 3.63) is 24.7 Å². The van der Waals surface area contributed by atoms with Crippen molar-refractivity contribution in [2.45, 2.75) is 55.7 Å². The number of aliphatic hydroxyl groups is 1. The van der Waals surface area contributed by atoms with Gasteiger partial charge in [-0.05, 0) is 18.9 Å². The molecule has 9 nitrogen and oxygen atoms in total. The summed E-state index contributed by atoms with van der Waals surface area (Å²) in [6.45, 7) is -1.59. The molecule has 0 radical (unpaired) electrons. The van der Waals surface area contributed by atoms with Crippen LogP contribution in [0.4, 0.5) is 36.8 Å². The Balaban J connectivity index is 1.37. The van der Waals surface area contributed by atoms with Crippen LogP contribution in [0.25, 0.3) is 22.3 Å². The lowest BCUT2D eigenvalue weighted by atomic mass is 9.84. The molecule has 0 unspecified atom stereocenters. The molecule has 1 aliphatic heterocycles. The maximum absolute atomic E-state index is 13.3. The average Bonchev–Trinajstić information content (AvgIpc) is 3.16. The van der Waals surface area contributed by atoms with E-state index in [1.165, 1.54) is 29.6 Å². The number of piperidine rings is 1. The lowest BCUT2D eigenvalue weighted by molar-refractivity contribution is -0.277. The number of halogens is 6. The van der Waals surface area contributed by atoms with Gasteiger partial charge in [-0.15, -0.1) is 0 Å². The maximum atomic E-state index is 13.3. The molecule has 4 heterocycles. The topological polar surface area (TPSA) is 112 Å². The Kier molecular flexibility index (Phi) is 5.06. The Bertz CT molecular complexity index is 1280. The van der Waals surface area contributed by atoms with E-state index >= 15 is 0 Å². The molecule has 15 heteroatoms. The highest BCUT2D eigenvalue weighted by atomic mass is 19.4. The van der Waals surface area contributed by atoms with Crippen LogP contribution in [0.5, 0.6) is 0 Å². The van der Waals surface area contributed by atoms with Gasteiger partial charge in [-0.25, -0.2) is 4.79 Å². The summed E-state index contributed by atoms with van der Waals surface area (Å²) in [5.74, 6) is 0. The molecule has 1 spiro atoms. The molecule has 1 saturated heterocycles. The molecular formula is C20H19F6N7O2. The zero-order chi connectivity index (χ0) is 25.2. The number of urea groups is 1. The average molecular weight is 503 g/mol. The molecule has 0 aromatic carbocycles. The van der Waals surface area contributed by atoms with Gasteiger partial charge in [0, 0.05) is 36.5 Å². The fourth-order valence-corrected chi connectivity index (χ4v) is 4.58. The van der Waals surface area contributed by atoms with Crippen LogP contribution >= 0.6 is 0 Å². The van der Waals surface area contributed by atoms with Crippen molar-refractivity contribution in [2.24, 2.45) is 0 Å². The number of amides is 2. The molecule has 188 valence electrons. The summed E-state index contributed by atoms with van der Waals surface area (Å²) in [5.41, 5.74) is -3.23. The number of hydrogen-bond donors (Lipinski definition) is 3. The molecule has 1 atom stereocenters. The molecule has 2 aliphatic rings. The quantitative estimate of drug-likeness (QED) is 0.471. The van der Waals surface area contributed by atoms with Crippen molar-refractivity contribution in [1.29, 1.82) is 0 Å². The molecule has 35 heavy (non-hydrogen) atoms. The van der Waals surface area contributed by atoms with Crippen molar-refractivity contribution in [1.82, 2.24) is 29.9 Å². The van der Waals surface area contributed by atoms with E-state index in [1.54, 1.807) is 0 Å². The van der Waals surface area contributed by atoms with Gasteiger partial charge in [0.15, 0.2) is 5.60 Å². The third-order valence-corrected chi connectivity index (χ3v) is 6.54. The first-order valence-electron chi connectivity index (χ1n) is 10.6. The first kappa shape index (κ1) is 23.4. The Hall–Kier alpha value is -3.36. The van der Waals surface area contributed by atoms with Crippen molar-refractivity contribution in [2.75, 3.05) is 11.9 Å². The van der Waals surface area contributed by atoms with Gasteiger partial charge in [0.1, 0.15) is 12.2 Å². The van der Waals surface area contributed by atoms with Crippen molar-refractivity contribution < 1.29 is 36.2 Å². The van der Waals surface area contributed by atoms with Crippen LogP contribution in [0.2, 0.25) is 0 Å². The minimum atomic E-state index is -4.80. The molecular weight excluding hydrogens is 484 g/mol. The lowest BCUT2D eigenvalue weighted by Crippen LogP contribution is -2.60. The number of nitrogens with zero attached hydrogens (tertiary/aromatic N) is 5. The van der Waals surface area contributed by atoms with Crippen LogP contribution in [-0.2, 0) is 6.54 Å². The molecule has 2 amide bonds. The number of hydrogen-bond acceptors (Lipinski definition) is 5. The standard InChI is InChI=1S/C20H19F6N7O2/c21-19(22,23)10-33-14-5-12(27-6-11(14)7-29-33)15-13(8-28-31-15)30-16(34)32-4-3-18(35,20(24,25)26)9-17(32)1-2-17/h5-8,35H,1-4,9-10H2,(H,28,31)(H,30,34)/t18-/m1/s1. The van der Waals surface area contributed by atoms with E-state index in [2.05, 4.69) is 25.6 Å². The number of fused-ring (bicyclic) bond motifs is 1. The second-order valence-corrected chi connectivity index (χ2v) is 8.97. The molecule has 3 N–H and O–H groups in total. The number of likely N-dealkylation sites (tertiary alicyclic amines) is 1. The number of H-pyrrole nitrogens is 1. The monoisotopic (exact) mass is 503 g/mol. The smallest absolute Gasteiger partial charge is 0.380 e. The third kappa shape index (κ3) is 4.17. The minimum Gasteiger partial charge on any atom is -0.380 e. The summed E-state index contributed by atoms with van der Waals surface area (Å²) in [4.78, 5) is 18.5. The van der Waals surface area contributed by atoms with E-state index < -0.39 is 48.9 Å². The maximum Gasteiger partial charge on any atom is 0.417 e. The number of carbonyl (C=O) groups is 1. The Morgan fingerprint density at radius 1 is 1.14 bits per heavy atom. The van der Waals surface area contributed by atoms with E-state index in [0.29, 0.717) is 18.2 Å². The predicted octanol–water partition coefficient (Wildman–Crippen LogP) is 3.84. The predicted molar refractivity (Wildman–Crippen MR) is 109 cm³/mol. The second-order valence-electron chi connectivity index (χ2n) is 8.97. The van der Waals surface area contributed by atoms with E-state index in [0.717, 1.165) is 4.68 Å². The van der Waals surface area contributed by atoms with Gasteiger partial charge >= 0.3 is 18.4 Å². The summed E-state index contributed by atoms with van der Waals surface area (Å²) < 4.78 is 79.3. The van der Waals surface area contributed by atoms with Crippen LogP contribution in [0.1, 0.15) is 25.7 Å². The number of aromatic amines is 1. The fraction of sp³-hybridized carbons (Fsp3) is 0.500. The van der Waals surface area contributed by atoms with Crippen LogP contribution in [0.15, 0.2) is 24.7 Å². The zero-order valence-corrected chi connectivity index (χ0v) is 17.9. The molecule has 3 aromatic rings. The highest BCUT2D eigenvalue weighted by Crippen LogP contribution is 2.55. The van der Waals surface area contributed by atoms with Gasteiger partial charge in [0.25, 0.3) is 0 Å². The number of anilines is 1. The number of aromatic nitrogens is 5. The summed E-state index contributed by atoms with van der Waals surface area (Å²) >= 11 is 0. The second kappa shape index (κ2) is 7.57. The fourth-order valence-electron chi connectivity index (χ4n) is 4.58. The Labute approximate surface area is 193 Å². The number of carbonyl (C=O) groups excluding carboxylic acids is 1. The van der Waals surface area contributed by atoms with Gasteiger partial charge < -0.3 is 15.3 Å². The van der Waals surface area contributed by atoms with E-state index in [1.807, 2.05) is 0 Å². The number of rotatable bonds is 3. The molecule has 5 rings (SSSR count). The Morgan fingerprint density at radius 2 is 1.89 bits per heavy atom. The molecule has 1 saturated carbocycles. The summed E-state index contributed by atoms with van der Waals surface area (Å²) in [5, 5.41) is 23.3. The van der Waals surface area contributed by atoms with Crippen LogP contribution in [0, 0.1) is 0 Å². The van der Waals surface area contributed by atoms with Gasteiger partial charge in [-0.1, -0.05) is 0 Å². The van der Waals surface area contributed by atoms with Crippen LogP contribution in [-0.4, -0.2) is 71.0 Å². The third-order valence-electron chi connectivity index (χ3n) is 6.54. The minimum absolute atomic E-state index is 0.149. The van der Waals surface area contributed by atoms with E-state index in [9.17, 15) is 36.2 Å². The normalized spacial score (nSPS) is 22.1. The molecule has 2 fully saturated rings. The Morgan fingerprint density at radius 3 is 2.54 bits per heavy atom. The lowest BCUT2D eigenvalue weighted by Gasteiger charge is -2.45. The summed E-state index contributed by atoms with van der Waals surface area (Å²) in [6.07, 6.45) is -6.02. The number of pyridine rings is 1. The molecule has 3 aromatic heterocycles. The summed E-state index contributed by atoms with van der Waals surface area (Å²) in [6, 6.07) is 0.696. The largest absolute Gasteiger partial charge is 0.417 e. The first-order chi connectivity index (χ1) is 16.3. The van der Waals surface area contributed by atoms with Gasteiger partial charge in [-0.2, -0.15) is 36.5 Å². The highest BCUT2D eigenvalue weighted by Gasteiger charge is 2.65. The molecule has 0 bridgehead atoms. The van der Waals surface area contributed by atoms with E-state index in [4.69, 9.17) is 0 Å². The van der Waals surface area contributed by atoms with E-state index in [-0.39, 0.29) is 29.1 Å². The van der Waals surface area contributed by atoms with Gasteiger partial charge in [0.05, 0.1) is 29.3 Å². The molecule has 1 aliphatic carbocycles. The van der Waals surface area contributed by atoms with Crippen molar-refractivity contribution in [3.8, 4) is 11.4 Å². The zero-order valence-electron chi connectivity index (χ0n) is 17.9. The van der Waals surface area contributed by atoms with Crippen LogP contribution in [0.3, 0.4) is 0 Å².